The Morgan fingerprint density at radius 3 is 2.81 bits per heavy atom. The van der Waals surface area contributed by atoms with E-state index in [0.29, 0.717) is 10.5 Å². The lowest BCUT2D eigenvalue weighted by Crippen LogP contribution is -2.33. The van der Waals surface area contributed by atoms with Crippen molar-refractivity contribution in [3.05, 3.63) is 50.1 Å². The molecule has 0 amide bonds. The van der Waals surface area contributed by atoms with Crippen LogP contribution < -0.4 is 5.32 Å². The number of nitrogens with zero attached hydrogens (tertiary/aromatic N) is 1. The minimum atomic E-state index is -0.215. The van der Waals surface area contributed by atoms with Crippen molar-refractivity contribution in [3.8, 4) is 0 Å². The van der Waals surface area contributed by atoms with E-state index in [2.05, 4.69) is 38.5 Å². The summed E-state index contributed by atoms with van der Waals surface area (Å²) >= 11 is 4.96. The molecule has 1 unspecified atom stereocenters. The summed E-state index contributed by atoms with van der Waals surface area (Å²) in [4.78, 5) is 4.54. The van der Waals surface area contributed by atoms with Crippen LogP contribution in [0.3, 0.4) is 0 Å². The minimum Gasteiger partial charge on any atom is -0.313 e. The summed E-state index contributed by atoms with van der Waals surface area (Å²) in [5, 5.41) is 6.81. The molecule has 2 rings (SSSR count). The topological polar surface area (TPSA) is 24.9 Å². The first-order chi connectivity index (χ1) is 10.1. The highest BCUT2D eigenvalue weighted by molar-refractivity contribution is 9.10. The molecule has 0 aliphatic heterocycles. The Labute approximate surface area is 137 Å². The van der Waals surface area contributed by atoms with Gasteiger partial charge in [0.05, 0.1) is 9.48 Å². The van der Waals surface area contributed by atoms with Crippen LogP contribution in [0.15, 0.2) is 28.1 Å². The Morgan fingerprint density at radius 2 is 2.19 bits per heavy atom. The van der Waals surface area contributed by atoms with E-state index in [9.17, 15) is 4.39 Å². The van der Waals surface area contributed by atoms with Crippen LogP contribution in [0.5, 0.6) is 0 Å². The molecule has 114 valence electrons. The first-order valence-electron chi connectivity index (χ1n) is 7.16. The zero-order valence-corrected chi connectivity index (χ0v) is 14.7. The fourth-order valence-corrected chi connectivity index (χ4v) is 3.50. The van der Waals surface area contributed by atoms with E-state index >= 15 is 0 Å². The summed E-state index contributed by atoms with van der Waals surface area (Å²) < 4.78 is 13.8. The molecule has 1 N–H and O–H groups in total. The summed E-state index contributed by atoms with van der Waals surface area (Å²) in [5.74, 6) is -0.215. The normalized spacial score (nSPS) is 12.6. The maximum absolute atomic E-state index is 13.3. The number of thiazole rings is 1. The largest absolute Gasteiger partial charge is 0.313 e. The van der Waals surface area contributed by atoms with Crippen LogP contribution in [0.1, 0.15) is 29.6 Å². The van der Waals surface area contributed by atoms with Crippen molar-refractivity contribution in [1.29, 1.82) is 0 Å². The number of benzene rings is 1. The van der Waals surface area contributed by atoms with Crippen LogP contribution in [-0.2, 0) is 12.8 Å². The van der Waals surface area contributed by atoms with Crippen molar-refractivity contribution in [2.24, 2.45) is 0 Å². The molecule has 0 aliphatic carbocycles. The predicted octanol–water partition coefficient (Wildman–Crippen LogP) is 4.51. The number of hydrogen-bond donors (Lipinski definition) is 1. The number of halogens is 2. The fraction of sp³-hybridized carbons (Fsp3) is 0.438. The van der Waals surface area contributed by atoms with Gasteiger partial charge in [-0.1, -0.05) is 13.0 Å². The van der Waals surface area contributed by atoms with Gasteiger partial charge in [0.2, 0.25) is 0 Å². The van der Waals surface area contributed by atoms with Gasteiger partial charge in [-0.05, 0) is 59.9 Å². The van der Waals surface area contributed by atoms with Gasteiger partial charge in [-0.15, -0.1) is 11.3 Å². The fourth-order valence-electron chi connectivity index (χ4n) is 2.22. The van der Waals surface area contributed by atoms with E-state index in [1.165, 1.54) is 6.07 Å². The van der Waals surface area contributed by atoms with Crippen molar-refractivity contribution in [2.75, 3.05) is 6.54 Å². The molecule has 0 radical (unpaired) electrons. The Morgan fingerprint density at radius 1 is 1.38 bits per heavy atom. The average molecular weight is 371 g/mol. The van der Waals surface area contributed by atoms with Crippen molar-refractivity contribution in [2.45, 2.75) is 39.2 Å². The van der Waals surface area contributed by atoms with Crippen molar-refractivity contribution in [1.82, 2.24) is 10.3 Å². The van der Waals surface area contributed by atoms with Gasteiger partial charge in [0.25, 0.3) is 0 Å². The standard InChI is InChI=1S/C16H20BrFN2S/c1-3-6-19-13(9-16-20-11(2)10-21-16)7-12-4-5-15(18)14(17)8-12/h4-5,8,10,13,19H,3,6-7,9H2,1-2H3. The molecular formula is C16H20BrFN2S. The zero-order valence-electron chi connectivity index (χ0n) is 12.3. The predicted molar refractivity (Wildman–Crippen MR) is 90.4 cm³/mol. The van der Waals surface area contributed by atoms with E-state index in [4.69, 9.17) is 0 Å². The van der Waals surface area contributed by atoms with Crippen molar-refractivity contribution < 1.29 is 4.39 Å². The number of aryl methyl sites for hydroxylation is 1. The summed E-state index contributed by atoms with van der Waals surface area (Å²) in [6.07, 6.45) is 2.88. The van der Waals surface area contributed by atoms with E-state index in [0.717, 1.165) is 42.1 Å². The van der Waals surface area contributed by atoms with Gasteiger partial charge in [-0.3, -0.25) is 0 Å². The highest BCUT2D eigenvalue weighted by atomic mass is 79.9. The molecule has 0 aliphatic rings. The molecule has 0 bridgehead atoms. The maximum Gasteiger partial charge on any atom is 0.137 e. The Balaban J connectivity index is 2.06. The summed E-state index contributed by atoms with van der Waals surface area (Å²) in [7, 11) is 0. The van der Waals surface area contributed by atoms with Crippen LogP contribution in [0.2, 0.25) is 0 Å². The number of nitrogens with one attached hydrogen (secondary N) is 1. The van der Waals surface area contributed by atoms with E-state index < -0.39 is 0 Å². The third-order valence-corrected chi connectivity index (χ3v) is 4.83. The van der Waals surface area contributed by atoms with Gasteiger partial charge in [0.1, 0.15) is 5.82 Å². The van der Waals surface area contributed by atoms with Gasteiger partial charge in [0, 0.05) is 23.5 Å². The molecule has 2 aromatic rings. The highest BCUT2D eigenvalue weighted by Gasteiger charge is 2.13. The van der Waals surface area contributed by atoms with Crippen molar-refractivity contribution >= 4 is 27.3 Å². The second-order valence-corrected chi connectivity index (χ2v) is 6.99. The molecule has 2 nitrogen and oxygen atoms in total. The minimum absolute atomic E-state index is 0.215. The molecule has 0 saturated carbocycles. The van der Waals surface area contributed by atoms with Crippen LogP contribution >= 0.6 is 27.3 Å². The molecule has 1 aromatic heterocycles. The summed E-state index contributed by atoms with van der Waals surface area (Å²) in [6.45, 7) is 5.16. The Hall–Kier alpha value is -0.780. The third kappa shape index (κ3) is 5.16. The molecule has 0 spiro atoms. The molecule has 1 atom stereocenters. The first kappa shape index (κ1) is 16.6. The molecule has 1 heterocycles. The van der Waals surface area contributed by atoms with Crippen molar-refractivity contribution in [3.63, 3.8) is 0 Å². The lowest BCUT2D eigenvalue weighted by atomic mass is 10.0. The lowest BCUT2D eigenvalue weighted by Gasteiger charge is -2.18. The van der Waals surface area contributed by atoms with Gasteiger partial charge < -0.3 is 5.32 Å². The molecule has 0 fully saturated rings. The third-order valence-electron chi connectivity index (χ3n) is 3.24. The second kappa shape index (κ2) is 8.01. The van der Waals surface area contributed by atoms with E-state index in [-0.39, 0.29) is 5.82 Å². The Bertz CT molecular complexity index is 585. The second-order valence-electron chi connectivity index (χ2n) is 5.19. The highest BCUT2D eigenvalue weighted by Crippen LogP contribution is 2.19. The number of aromatic nitrogens is 1. The molecule has 0 saturated heterocycles. The van der Waals surface area contributed by atoms with Crippen LogP contribution in [0.25, 0.3) is 0 Å². The smallest absolute Gasteiger partial charge is 0.137 e. The number of rotatable bonds is 7. The van der Waals surface area contributed by atoms with E-state index in [1.807, 2.05) is 19.1 Å². The van der Waals surface area contributed by atoms with Crippen LogP contribution in [-0.4, -0.2) is 17.6 Å². The maximum atomic E-state index is 13.3. The molecule has 1 aromatic carbocycles. The zero-order chi connectivity index (χ0) is 15.2. The molecule has 21 heavy (non-hydrogen) atoms. The number of hydrogen-bond acceptors (Lipinski definition) is 3. The van der Waals surface area contributed by atoms with Gasteiger partial charge >= 0.3 is 0 Å². The quantitative estimate of drug-likeness (QED) is 0.775. The van der Waals surface area contributed by atoms with Gasteiger partial charge in [-0.2, -0.15) is 0 Å². The average Bonchev–Trinajstić information content (AvgIpc) is 2.85. The summed E-state index contributed by atoms with van der Waals surface area (Å²) in [5.41, 5.74) is 2.21. The lowest BCUT2D eigenvalue weighted by molar-refractivity contribution is 0.503. The summed E-state index contributed by atoms with van der Waals surface area (Å²) in [6, 6.07) is 5.56. The van der Waals surface area contributed by atoms with Crippen LogP contribution in [0, 0.1) is 12.7 Å². The SMILES string of the molecule is CCCNC(Cc1ccc(F)c(Br)c1)Cc1nc(C)cs1. The Kier molecular flexibility index (Phi) is 6.33. The van der Waals surface area contributed by atoms with Crippen LogP contribution in [0.4, 0.5) is 4.39 Å². The monoisotopic (exact) mass is 370 g/mol. The van der Waals surface area contributed by atoms with Gasteiger partial charge in [-0.25, -0.2) is 9.37 Å². The van der Waals surface area contributed by atoms with Gasteiger partial charge in [0.15, 0.2) is 0 Å². The molecule has 5 heteroatoms. The molecular weight excluding hydrogens is 351 g/mol. The first-order valence-corrected chi connectivity index (χ1v) is 8.84. The van der Waals surface area contributed by atoms with E-state index in [1.54, 1.807) is 11.3 Å².